The molecule has 4 amide bonds. The van der Waals surface area contributed by atoms with Crippen LogP contribution in [0, 0.1) is 12.1 Å². The number of amides is 4. The van der Waals surface area contributed by atoms with E-state index in [1.807, 2.05) is 10.6 Å². The number of ether oxygens (including phenoxy) is 1. The largest absolute Gasteiger partial charge is 0.485 e. The zero-order valence-corrected chi connectivity index (χ0v) is 12.9. The monoisotopic (exact) mass is 344 g/mol. The Hall–Kier alpha value is -3.69. The van der Waals surface area contributed by atoms with E-state index in [4.69, 9.17) is 4.74 Å². The molecule has 2 aromatic rings. The summed E-state index contributed by atoms with van der Waals surface area (Å²) in [6, 6.07) is 5.59. The van der Waals surface area contributed by atoms with Crippen molar-refractivity contribution in [3.8, 4) is 5.75 Å². The maximum absolute atomic E-state index is 11.7. The molecule has 0 bridgehead atoms. The maximum atomic E-state index is 11.7. The summed E-state index contributed by atoms with van der Waals surface area (Å²) in [5, 5.41) is 18.8. The lowest BCUT2D eigenvalue weighted by Gasteiger charge is -2.13. The van der Waals surface area contributed by atoms with Gasteiger partial charge in [0.1, 0.15) is 11.3 Å². The number of imide groups is 2. The SMILES string of the molecule is Cc1no[n+]([O-])c1COc1ccc(C=C2C(=O)NC(=O)NC2=O)cc1. The van der Waals surface area contributed by atoms with E-state index >= 15 is 0 Å². The Morgan fingerprint density at radius 1 is 1.20 bits per heavy atom. The highest BCUT2D eigenvalue weighted by Gasteiger charge is 2.27. The van der Waals surface area contributed by atoms with Crippen LogP contribution in [0.2, 0.25) is 0 Å². The van der Waals surface area contributed by atoms with E-state index in [0.717, 1.165) is 0 Å². The van der Waals surface area contributed by atoms with Gasteiger partial charge in [-0.3, -0.25) is 24.9 Å². The van der Waals surface area contributed by atoms with E-state index in [0.29, 0.717) is 17.0 Å². The Bertz CT molecular complexity index is 842. The Balaban J connectivity index is 1.70. The molecule has 1 aliphatic rings. The Morgan fingerprint density at radius 2 is 1.84 bits per heavy atom. The molecule has 0 aliphatic carbocycles. The summed E-state index contributed by atoms with van der Waals surface area (Å²) in [6.45, 7) is 1.60. The average Bonchev–Trinajstić information content (AvgIpc) is 2.88. The van der Waals surface area contributed by atoms with Gasteiger partial charge < -0.3 is 9.94 Å². The zero-order chi connectivity index (χ0) is 18.0. The van der Waals surface area contributed by atoms with Crippen LogP contribution >= 0.6 is 0 Å². The van der Waals surface area contributed by atoms with Crippen molar-refractivity contribution in [3.63, 3.8) is 0 Å². The second-order valence-electron chi connectivity index (χ2n) is 5.12. The van der Waals surface area contributed by atoms with Gasteiger partial charge in [0.25, 0.3) is 11.8 Å². The molecule has 0 radical (unpaired) electrons. The predicted molar refractivity (Wildman–Crippen MR) is 80.6 cm³/mol. The van der Waals surface area contributed by atoms with E-state index < -0.39 is 17.8 Å². The number of hydrogen-bond acceptors (Lipinski definition) is 7. The van der Waals surface area contributed by atoms with Gasteiger partial charge in [0, 0.05) is 12.1 Å². The van der Waals surface area contributed by atoms with Crippen LogP contribution in [0.3, 0.4) is 0 Å². The Labute approximate surface area is 140 Å². The summed E-state index contributed by atoms with van der Waals surface area (Å²) in [5.74, 6) is -1.07. The standard InChI is InChI=1S/C15H12N4O6/c1-8-12(19(23)25-18-8)7-24-10-4-2-9(3-5-10)6-11-13(20)16-15(22)17-14(11)21/h2-6H,7H2,1H3,(H2,16,17,20,21,22). The lowest BCUT2D eigenvalue weighted by atomic mass is 10.1. The number of rotatable bonds is 4. The first-order valence-electron chi connectivity index (χ1n) is 7.10. The molecule has 0 unspecified atom stereocenters. The van der Waals surface area contributed by atoms with Gasteiger partial charge in [0.2, 0.25) is 11.4 Å². The molecule has 25 heavy (non-hydrogen) atoms. The highest BCUT2D eigenvalue weighted by molar-refractivity contribution is 6.31. The van der Waals surface area contributed by atoms with E-state index in [2.05, 4.69) is 9.79 Å². The predicted octanol–water partition coefficient (Wildman–Crippen LogP) is -0.0552. The lowest BCUT2D eigenvalue weighted by molar-refractivity contribution is -0.808. The summed E-state index contributed by atoms with van der Waals surface area (Å²) >= 11 is 0. The van der Waals surface area contributed by atoms with Crippen molar-refractivity contribution < 1.29 is 28.7 Å². The van der Waals surface area contributed by atoms with Crippen molar-refractivity contribution in [3.05, 3.63) is 52.0 Å². The van der Waals surface area contributed by atoms with Gasteiger partial charge in [0.15, 0.2) is 6.61 Å². The summed E-state index contributed by atoms with van der Waals surface area (Å²) in [6.07, 6.45) is 1.34. The third-order valence-electron chi connectivity index (χ3n) is 3.40. The molecular formula is C15H12N4O6. The first-order chi connectivity index (χ1) is 11.9. The molecule has 2 N–H and O–H groups in total. The van der Waals surface area contributed by atoms with Gasteiger partial charge in [-0.1, -0.05) is 12.1 Å². The number of nitrogens with zero attached hydrogens (tertiary/aromatic N) is 2. The van der Waals surface area contributed by atoms with E-state index in [-0.39, 0.29) is 22.8 Å². The fourth-order valence-electron chi connectivity index (χ4n) is 2.07. The number of carbonyl (C=O) groups is 3. The minimum atomic E-state index is -0.851. The zero-order valence-electron chi connectivity index (χ0n) is 12.9. The van der Waals surface area contributed by atoms with Crippen molar-refractivity contribution in [1.82, 2.24) is 15.8 Å². The van der Waals surface area contributed by atoms with Crippen LogP contribution in [0.4, 0.5) is 4.79 Å². The van der Waals surface area contributed by atoms with Gasteiger partial charge in [-0.2, -0.15) is 0 Å². The number of aryl methyl sites for hydroxylation is 1. The van der Waals surface area contributed by atoms with E-state index in [9.17, 15) is 19.6 Å². The molecule has 0 spiro atoms. The van der Waals surface area contributed by atoms with Gasteiger partial charge in [-0.15, -0.1) is 0 Å². The van der Waals surface area contributed by atoms with Crippen molar-refractivity contribution in [2.24, 2.45) is 0 Å². The number of carbonyl (C=O) groups excluding carboxylic acids is 3. The summed E-state index contributed by atoms with van der Waals surface area (Å²) in [5.41, 5.74) is 1.06. The second-order valence-corrected chi connectivity index (χ2v) is 5.12. The highest BCUT2D eigenvalue weighted by Crippen LogP contribution is 2.17. The number of nitrogens with one attached hydrogen (secondary N) is 2. The van der Waals surface area contributed by atoms with Gasteiger partial charge >= 0.3 is 6.03 Å². The average molecular weight is 344 g/mol. The van der Waals surface area contributed by atoms with Crippen molar-refractivity contribution in [2.75, 3.05) is 0 Å². The molecule has 2 heterocycles. The van der Waals surface area contributed by atoms with Gasteiger partial charge in [-0.25, -0.2) is 4.79 Å². The Morgan fingerprint density at radius 3 is 2.40 bits per heavy atom. The normalized spacial score (nSPS) is 14.1. The maximum Gasteiger partial charge on any atom is 0.328 e. The van der Waals surface area contributed by atoms with E-state index in [1.165, 1.54) is 6.08 Å². The molecule has 10 heteroatoms. The Kier molecular flexibility index (Phi) is 4.16. The van der Waals surface area contributed by atoms with Crippen molar-refractivity contribution in [1.29, 1.82) is 0 Å². The number of barbiturate groups is 1. The lowest BCUT2D eigenvalue weighted by Crippen LogP contribution is -2.51. The van der Waals surface area contributed by atoms with Crippen LogP contribution in [0.15, 0.2) is 34.5 Å². The number of urea groups is 1. The minimum Gasteiger partial charge on any atom is -0.485 e. The fourth-order valence-corrected chi connectivity index (χ4v) is 2.07. The number of aromatic nitrogens is 2. The molecule has 1 fully saturated rings. The van der Waals surface area contributed by atoms with Crippen LogP contribution in [0.1, 0.15) is 17.0 Å². The second kappa shape index (κ2) is 6.43. The summed E-state index contributed by atoms with van der Waals surface area (Å²) < 4.78 is 9.91. The molecule has 1 aromatic carbocycles. The third kappa shape index (κ3) is 3.47. The molecular weight excluding hydrogens is 332 g/mol. The van der Waals surface area contributed by atoms with E-state index in [1.54, 1.807) is 31.2 Å². The molecule has 10 nitrogen and oxygen atoms in total. The van der Waals surface area contributed by atoms with Gasteiger partial charge in [-0.05, 0) is 28.7 Å². The molecule has 0 atom stereocenters. The van der Waals surface area contributed by atoms with Crippen molar-refractivity contribution >= 4 is 23.9 Å². The summed E-state index contributed by atoms with van der Waals surface area (Å²) in [4.78, 5) is 34.6. The number of benzene rings is 1. The number of hydrogen-bond donors (Lipinski definition) is 2. The minimum absolute atomic E-state index is 0.0216. The topological polar surface area (TPSA) is 137 Å². The highest BCUT2D eigenvalue weighted by atomic mass is 16.8. The van der Waals surface area contributed by atoms with Gasteiger partial charge in [0.05, 0.1) is 0 Å². The smallest absolute Gasteiger partial charge is 0.328 e. The first kappa shape index (κ1) is 16.2. The molecule has 1 saturated heterocycles. The van der Waals surface area contributed by atoms with Crippen LogP contribution in [-0.2, 0) is 16.2 Å². The third-order valence-corrected chi connectivity index (χ3v) is 3.40. The quantitative estimate of drug-likeness (QED) is 0.450. The molecule has 1 aliphatic heterocycles. The molecule has 0 saturated carbocycles. The molecule has 3 rings (SSSR count). The van der Waals surface area contributed by atoms with Crippen LogP contribution in [-0.4, -0.2) is 23.0 Å². The fraction of sp³-hybridized carbons (Fsp3) is 0.133. The molecule has 128 valence electrons. The van der Waals surface area contributed by atoms with Crippen LogP contribution < -0.4 is 20.3 Å². The van der Waals surface area contributed by atoms with Crippen LogP contribution in [0.5, 0.6) is 5.75 Å². The summed E-state index contributed by atoms with van der Waals surface area (Å²) in [7, 11) is 0. The van der Waals surface area contributed by atoms with Crippen LogP contribution in [0.25, 0.3) is 6.08 Å². The first-order valence-corrected chi connectivity index (χ1v) is 7.10. The molecule has 1 aromatic heterocycles. The van der Waals surface area contributed by atoms with Crippen molar-refractivity contribution in [2.45, 2.75) is 13.5 Å².